The maximum absolute atomic E-state index is 11.1. The van der Waals surface area contributed by atoms with Crippen molar-refractivity contribution >= 4 is 11.7 Å². The molecule has 1 aliphatic rings. The zero-order valence-electron chi connectivity index (χ0n) is 10.4. The van der Waals surface area contributed by atoms with Gasteiger partial charge in [-0.3, -0.25) is 9.80 Å². The zero-order valence-corrected chi connectivity index (χ0v) is 10.4. The molecular weight excluding hydrogens is 208 g/mol. The zero-order chi connectivity index (χ0) is 12.2. The molecule has 0 spiro atoms. The quantitative estimate of drug-likeness (QED) is 0.539. The molecule has 0 aromatic rings. The third-order valence-corrected chi connectivity index (χ3v) is 2.92. The Morgan fingerprint density at radius 1 is 1.50 bits per heavy atom. The number of carbonyl (C=O) groups excluding carboxylic acids is 1. The van der Waals surface area contributed by atoms with Gasteiger partial charge in [0.2, 0.25) is 0 Å². The number of ether oxygens (including phenoxy) is 2. The molecular formula is C11H20N2O3. The van der Waals surface area contributed by atoms with Crippen LogP contribution in [0.1, 0.15) is 33.1 Å². The number of rotatable bonds is 4. The van der Waals surface area contributed by atoms with E-state index in [-0.39, 0.29) is 18.1 Å². The van der Waals surface area contributed by atoms with Gasteiger partial charge in [0, 0.05) is 19.4 Å². The fourth-order valence-corrected chi connectivity index (χ4v) is 1.81. The van der Waals surface area contributed by atoms with Crippen LogP contribution in [0.5, 0.6) is 0 Å². The predicted molar refractivity (Wildman–Crippen MR) is 61.1 cm³/mol. The highest BCUT2D eigenvalue weighted by Crippen LogP contribution is 2.29. The Bertz CT molecular complexity index is 291. The van der Waals surface area contributed by atoms with Gasteiger partial charge in [0.1, 0.15) is 0 Å². The second-order valence-electron chi connectivity index (χ2n) is 4.19. The van der Waals surface area contributed by atoms with Crippen LogP contribution in [-0.2, 0) is 14.3 Å². The third kappa shape index (κ3) is 2.95. The first-order valence-electron chi connectivity index (χ1n) is 5.45. The molecule has 0 amide bonds. The maximum atomic E-state index is 11.1. The monoisotopic (exact) mass is 228 g/mol. The Morgan fingerprint density at radius 2 is 2.19 bits per heavy atom. The summed E-state index contributed by atoms with van der Waals surface area (Å²) in [6.45, 7) is 4.70. The minimum absolute atomic E-state index is 0.229. The average Bonchev–Trinajstić information content (AvgIpc) is 2.61. The second kappa shape index (κ2) is 5.30. The van der Waals surface area contributed by atoms with E-state index in [0.29, 0.717) is 0 Å². The van der Waals surface area contributed by atoms with E-state index in [4.69, 9.17) is 4.74 Å². The van der Waals surface area contributed by atoms with Gasteiger partial charge in [0.15, 0.2) is 5.72 Å². The van der Waals surface area contributed by atoms with E-state index in [1.807, 2.05) is 18.9 Å². The molecule has 1 saturated heterocycles. The van der Waals surface area contributed by atoms with Crippen molar-refractivity contribution in [1.29, 1.82) is 0 Å². The number of esters is 1. The van der Waals surface area contributed by atoms with Crippen molar-refractivity contribution < 1.29 is 14.3 Å². The molecule has 0 unspecified atom stereocenters. The SMILES string of the molecule is COC(=O)CC(C)=NN1CCC[C@]1(C)OC. The molecule has 0 aromatic heterocycles. The van der Waals surface area contributed by atoms with Crippen LogP contribution < -0.4 is 0 Å². The van der Waals surface area contributed by atoms with Crippen LogP contribution in [0.4, 0.5) is 0 Å². The summed E-state index contributed by atoms with van der Waals surface area (Å²) in [7, 11) is 3.06. The van der Waals surface area contributed by atoms with E-state index < -0.39 is 0 Å². The first kappa shape index (κ1) is 13.0. The number of hydrazone groups is 1. The Labute approximate surface area is 96.4 Å². The molecule has 1 rings (SSSR count). The normalized spacial score (nSPS) is 26.0. The molecule has 0 aliphatic carbocycles. The van der Waals surface area contributed by atoms with Crippen LogP contribution in [0, 0.1) is 0 Å². The molecule has 92 valence electrons. The molecule has 5 heteroatoms. The van der Waals surface area contributed by atoms with E-state index in [0.717, 1.165) is 25.1 Å². The highest BCUT2D eigenvalue weighted by molar-refractivity contribution is 5.97. The summed E-state index contributed by atoms with van der Waals surface area (Å²) in [6.07, 6.45) is 2.24. The topological polar surface area (TPSA) is 51.1 Å². The third-order valence-electron chi connectivity index (χ3n) is 2.92. The minimum atomic E-state index is -0.336. The van der Waals surface area contributed by atoms with Gasteiger partial charge >= 0.3 is 5.97 Å². The summed E-state index contributed by atoms with van der Waals surface area (Å²) >= 11 is 0. The summed E-state index contributed by atoms with van der Waals surface area (Å²) in [6, 6.07) is 0. The van der Waals surface area contributed by atoms with Crippen LogP contribution >= 0.6 is 0 Å². The van der Waals surface area contributed by atoms with Crippen molar-refractivity contribution in [2.45, 2.75) is 38.8 Å². The van der Waals surface area contributed by atoms with Crippen LogP contribution in [0.2, 0.25) is 0 Å². The maximum Gasteiger partial charge on any atom is 0.311 e. The summed E-state index contributed by atoms with van der Waals surface area (Å²) in [5, 5.41) is 6.32. The van der Waals surface area contributed by atoms with Crippen molar-refractivity contribution in [2.75, 3.05) is 20.8 Å². The molecule has 0 saturated carbocycles. The summed E-state index contributed by atoms with van der Waals surface area (Å²) < 4.78 is 10.0. The first-order valence-corrected chi connectivity index (χ1v) is 5.45. The first-order chi connectivity index (χ1) is 7.51. The van der Waals surface area contributed by atoms with Crippen molar-refractivity contribution in [1.82, 2.24) is 5.01 Å². The van der Waals surface area contributed by atoms with Gasteiger partial charge in [0.25, 0.3) is 0 Å². The van der Waals surface area contributed by atoms with Crippen LogP contribution in [0.25, 0.3) is 0 Å². The molecule has 1 heterocycles. The summed E-state index contributed by atoms with van der Waals surface area (Å²) in [4.78, 5) is 11.1. The van der Waals surface area contributed by atoms with Crippen LogP contribution in [-0.4, -0.2) is 43.2 Å². The lowest BCUT2D eigenvalue weighted by Gasteiger charge is -2.31. The van der Waals surface area contributed by atoms with Crippen LogP contribution in [0.15, 0.2) is 5.10 Å². The molecule has 1 atom stereocenters. The van der Waals surface area contributed by atoms with E-state index in [1.54, 1.807) is 7.11 Å². The van der Waals surface area contributed by atoms with Gasteiger partial charge < -0.3 is 9.47 Å². The van der Waals surface area contributed by atoms with E-state index in [9.17, 15) is 4.79 Å². The van der Waals surface area contributed by atoms with Crippen molar-refractivity contribution in [2.24, 2.45) is 5.10 Å². The number of carbonyl (C=O) groups is 1. The molecule has 0 N–H and O–H groups in total. The van der Waals surface area contributed by atoms with Gasteiger partial charge in [0.05, 0.1) is 13.5 Å². The number of hydrogen-bond acceptors (Lipinski definition) is 5. The molecule has 1 aliphatic heterocycles. The van der Waals surface area contributed by atoms with Gasteiger partial charge in [-0.1, -0.05) is 0 Å². The Morgan fingerprint density at radius 3 is 2.75 bits per heavy atom. The Hall–Kier alpha value is -1.10. The van der Waals surface area contributed by atoms with Crippen molar-refractivity contribution in [3.05, 3.63) is 0 Å². The lowest BCUT2D eigenvalue weighted by molar-refractivity contribution is -0.139. The highest BCUT2D eigenvalue weighted by atomic mass is 16.5. The van der Waals surface area contributed by atoms with Gasteiger partial charge in [-0.25, -0.2) is 0 Å². The standard InChI is InChI=1S/C11H20N2O3/c1-9(8-10(14)15-3)12-13-7-5-6-11(13,2)16-4/h5-8H2,1-4H3/t11-/m0/s1. The molecule has 16 heavy (non-hydrogen) atoms. The smallest absolute Gasteiger partial charge is 0.311 e. The summed E-state index contributed by atoms with van der Waals surface area (Å²) in [5.74, 6) is -0.264. The lowest BCUT2D eigenvalue weighted by atomic mass is 10.2. The number of hydrogen-bond donors (Lipinski definition) is 0. The fourth-order valence-electron chi connectivity index (χ4n) is 1.81. The van der Waals surface area contributed by atoms with Gasteiger partial charge in [-0.05, 0) is 26.7 Å². The number of methoxy groups -OCH3 is 2. The largest absolute Gasteiger partial charge is 0.469 e. The second-order valence-corrected chi connectivity index (χ2v) is 4.19. The summed E-state index contributed by atoms with van der Waals surface area (Å²) in [5.41, 5.74) is 0.411. The highest BCUT2D eigenvalue weighted by Gasteiger charge is 2.36. The van der Waals surface area contributed by atoms with Crippen molar-refractivity contribution in [3.8, 4) is 0 Å². The van der Waals surface area contributed by atoms with Gasteiger partial charge in [-0.2, -0.15) is 5.10 Å². The lowest BCUT2D eigenvalue weighted by Crippen LogP contribution is -2.39. The van der Waals surface area contributed by atoms with E-state index in [1.165, 1.54) is 7.11 Å². The predicted octanol–water partition coefficient (Wildman–Crippen LogP) is 1.38. The average molecular weight is 228 g/mol. The number of nitrogens with zero attached hydrogens (tertiary/aromatic N) is 2. The van der Waals surface area contributed by atoms with E-state index >= 15 is 0 Å². The molecule has 5 nitrogen and oxygen atoms in total. The Balaban J connectivity index is 2.64. The molecule has 0 radical (unpaired) electrons. The molecule has 1 fully saturated rings. The van der Waals surface area contributed by atoms with Crippen LogP contribution in [0.3, 0.4) is 0 Å². The Kier molecular flexibility index (Phi) is 4.29. The molecule has 0 bridgehead atoms. The van der Waals surface area contributed by atoms with Gasteiger partial charge in [-0.15, -0.1) is 0 Å². The van der Waals surface area contributed by atoms with Crippen molar-refractivity contribution in [3.63, 3.8) is 0 Å². The fraction of sp³-hybridized carbons (Fsp3) is 0.818. The van der Waals surface area contributed by atoms with E-state index in [2.05, 4.69) is 9.84 Å². The molecule has 0 aromatic carbocycles. The minimum Gasteiger partial charge on any atom is -0.469 e.